The normalized spacial score (nSPS) is 11.3. The molecule has 1 amide bonds. The molecule has 3 N–H and O–H groups in total. The minimum atomic E-state index is -0.662. The van der Waals surface area contributed by atoms with Gasteiger partial charge in [0.1, 0.15) is 5.84 Å². The van der Waals surface area contributed by atoms with E-state index in [4.69, 9.17) is 10.9 Å². The van der Waals surface area contributed by atoms with E-state index in [-0.39, 0.29) is 24.4 Å². The Hall–Kier alpha value is -2.18. The summed E-state index contributed by atoms with van der Waals surface area (Å²) in [6.07, 6.45) is 2.57. The Balaban J connectivity index is 2.77. The molecule has 18 heavy (non-hydrogen) atoms. The summed E-state index contributed by atoms with van der Waals surface area (Å²) in [4.78, 5) is 17.0. The van der Waals surface area contributed by atoms with Gasteiger partial charge >= 0.3 is 0 Å². The zero-order valence-electron chi connectivity index (χ0n) is 10.0. The van der Waals surface area contributed by atoms with Gasteiger partial charge in [0.25, 0.3) is 5.91 Å². The Labute approximate surface area is 104 Å². The van der Waals surface area contributed by atoms with Gasteiger partial charge in [0.2, 0.25) is 0 Å². The maximum Gasteiger partial charge on any atom is 0.256 e. The molecule has 0 bridgehead atoms. The summed E-state index contributed by atoms with van der Waals surface area (Å²) in [5.74, 6) is -1.08. The van der Waals surface area contributed by atoms with Gasteiger partial charge in [-0.15, -0.1) is 0 Å². The molecule has 1 aromatic heterocycles. The van der Waals surface area contributed by atoms with E-state index in [9.17, 15) is 9.18 Å². The predicted octanol–water partition coefficient (Wildman–Crippen LogP) is 0.819. The van der Waals surface area contributed by atoms with Crippen LogP contribution in [0.15, 0.2) is 23.6 Å². The Morgan fingerprint density at radius 2 is 2.39 bits per heavy atom. The number of nitrogens with zero attached hydrogens (tertiary/aromatic N) is 3. The number of nitrogens with two attached hydrogens (primary N) is 1. The molecule has 0 radical (unpaired) electrons. The summed E-state index contributed by atoms with van der Waals surface area (Å²) in [6, 6.07) is 1.32. The summed E-state index contributed by atoms with van der Waals surface area (Å²) in [6.45, 7) is 2.43. The molecule has 0 saturated carbocycles. The molecule has 1 rings (SSSR count). The van der Waals surface area contributed by atoms with Crippen molar-refractivity contribution in [1.82, 2.24) is 9.88 Å². The highest BCUT2D eigenvalue weighted by atomic mass is 19.1. The third kappa shape index (κ3) is 3.41. The van der Waals surface area contributed by atoms with E-state index >= 15 is 0 Å². The van der Waals surface area contributed by atoms with E-state index < -0.39 is 11.7 Å². The quantitative estimate of drug-likeness (QED) is 0.352. The van der Waals surface area contributed by atoms with E-state index in [0.29, 0.717) is 6.54 Å². The highest BCUT2D eigenvalue weighted by Gasteiger charge is 2.17. The van der Waals surface area contributed by atoms with Crippen molar-refractivity contribution in [2.45, 2.75) is 13.3 Å². The van der Waals surface area contributed by atoms with E-state index in [1.165, 1.54) is 17.2 Å². The molecule has 0 spiro atoms. The molecule has 0 saturated heterocycles. The number of hydrogen-bond acceptors (Lipinski definition) is 4. The van der Waals surface area contributed by atoms with Gasteiger partial charge in [0.05, 0.1) is 11.8 Å². The van der Waals surface area contributed by atoms with Crippen LogP contribution in [-0.2, 0) is 0 Å². The van der Waals surface area contributed by atoms with E-state index in [0.717, 1.165) is 6.20 Å². The Morgan fingerprint density at radius 1 is 1.67 bits per heavy atom. The molecule has 0 aromatic carbocycles. The molecule has 0 fully saturated rings. The molecule has 0 aliphatic heterocycles. The van der Waals surface area contributed by atoms with Crippen LogP contribution in [0.1, 0.15) is 23.7 Å². The molecule has 1 heterocycles. The smallest absolute Gasteiger partial charge is 0.256 e. The number of amidine groups is 1. The lowest BCUT2D eigenvalue weighted by atomic mass is 10.2. The van der Waals surface area contributed by atoms with Crippen molar-refractivity contribution in [3.05, 3.63) is 29.8 Å². The van der Waals surface area contributed by atoms with Gasteiger partial charge in [-0.05, 0) is 13.0 Å². The molecule has 0 aliphatic carbocycles. The average Bonchev–Trinajstić information content (AvgIpc) is 2.39. The third-order valence-electron chi connectivity index (χ3n) is 2.44. The summed E-state index contributed by atoms with van der Waals surface area (Å²) < 4.78 is 13.4. The van der Waals surface area contributed by atoms with Gasteiger partial charge in [-0.2, -0.15) is 0 Å². The van der Waals surface area contributed by atoms with Crippen LogP contribution in [0.5, 0.6) is 0 Å². The first-order valence-electron chi connectivity index (χ1n) is 5.45. The van der Waals surface area contributed by atoms with Gasteiger partial charge in [-0.3, -0.25) is 9.78 Å². The minimum absolute atomic E-state index is 0.0245. The highest BCUT2D eigenvalue weighted by Crippen LogP contribution is 2.09. The summed E-state index contributed by atoms with van der Waals surface area (Å²) >= 11 is 0. The molecular formula is C11H15FN4O2. The first-order valence-corrected chi connectivity index (χ1v) is 5.45. The standard InChI is InChI=1S/C11H15FN4O2/c1-2-16(6-4-10(13)15-18)11(17)8-3-5-14-7-9(8)12/h3,5,7,18H,2,4,6H2,1H3,(H2,13,15). The Morgan fingerprint density at radius 3 is 2.94 bits per heavy atom. The zero-order valence-corrected chi connectivity index (χ0v) is 10.0. The monoisotopic (exact) mass is 254 g/mol. The number of carbonyl (C=O) groups excluding carboxylic acids is 1. The van der Waals surface area contributed by atoms with Crippen molar-refractivity contribution >= 4 is 11.7 Å². The van der Waals surface area contributed by atoms with Crippen molar-refractivity contribution in [3.63, 3.8) is 0 Å². The molecule has 1 aromatic rings. The van der Waals surface area contributed by atoms with Gasteiger partial charge in [0.15, 0.2) is 5.82 Å². The van der Waals surface area contributed by atoms with Gasteiger partial charge in [-0.25, -0.2) is 4.39 Å². The van der Waals surface area contributed by atoms with Gasteiger partial charge in [-0.1, -0.05) is 5.16 Å². The van der Waals surface area contributed by atoms with E-state index in [1.807, 2.05) is 0 Å². The molecular weight excluding hydrogens is 239 g/mol. The van der Waals surface area contributed by atoms with Gasteiger partial charge < -0.3 is 15.8 Å². The summed E-state index contributed by atoms with van der Waals surface area (Å²) in [7, 11) is 0. The minimum Gasteiger partial charge on any atom is -0.409 e. The van der Waals surface area contributed by atoms with Crippen LogP contribution in [0, 0.1) is 5.82 Å². The molecule has 6 nitrogen and oxygen atoms in total. The van der Waals surface area contributed by atoms with Crippen molar-refractivity contribution in [2.75, 3.05) is 13.1 Å². The van der Waals surface area contributed by atoms with Crippen molar-refractivity contribution in [2.24, 2.45) is 10.9 Å². The fraction of sp³-hybridized carbons (Fsp3) is 0.364. The number of amides is 1. The maximum atomic E-state index is 13.4. The fourth-order valence-corrected chi connectivity index (χ4v) is 1.42. The lowest BCUT2D eigenvalue weighted by Crippen LogP contribution is -2.34. The first kappa shape index (κ1) is 13.9. The molecule has 0 atom stereocenters. The second kappa shape index (κ2) is 6.53. The predicted molar refractivity (Wildman–Crippen MR) is 63.8 cm³/mol. The number of oxime groups is 1. The Kier molecular flexibility index (Phi) is 5.04. The van der Waals surface area contributed by atoms with Crippen molar-refractivity contribution in [1.29, 1.82) is 0 Å². The molecule has 0 unspecified atom stereocenters. The maximum absolute atomic E-state index is 13.4. The highest BCUT2D eigenvalue weighted by molar-refractivity contribution is 5.94. The Bertz CT molecular complexity index is 450. The lowest BCUT2D eigenvalue weighted by Gasteiger charge is -2.20. The van der Waals surface area contributed by atoms with Crippen molar-refractivity contribution < 1.29 is 14.4 Å². The van der Waals surface area contributed by atoms with Crippen LogP contribution >= 0.6 is 0 Å². The van der Waals surface area contributed by atoms with Crippen LogP contribution in [0.4, 0.5) is 4.39 Å². The number of carbonyl (C=O) groups is 1. The zero-order chi connectivity index (χ0) is 13.5. The third-order valence-corrected chi connectivity index (χ3v) is 2.44. The van der Waals surface area contributed by atoms with Crippen LogP contribution < -0.4 is 5.73 Å². The van der Waals surface area contributed by atoms with Crippen LogP contribution in [0.3, 0.4) is 0 Å². The lowest BCUT2D eigenvalue weighted by molar-refractivity contribution is 0.0763. The number of pyridine rings is 1. The summed E-state index contributed by atoms with van der Waals surface area (Å²) in [5, 5.41) is 11.2. The second-order valence-electron chi connectivity index (χ2n) is 3.58. The number of rotatable bonds is 5. The summed E-state index contributed by atoms with van der Waals surface area (Å²) in [5.41, 5.74) is 5.29. The number of halogens is 1. The fourth-order valence-electron chi connectivity index (χ4n) is 1.42. The molecule has 98 valence electrons. The largest absolute Gasteiger partial charge is 0.409 e. The SMILES string of the molecule is CCN(CCC(N)=NO)C(=O)c1ccncc1F. The van der Waals surface area contributed by atoms with Crippen molar-refractivity contribution in [3.8, 4) is 0 Å². The first-order chi connectivity index (χ1) is 8.60. The average molecular weight is 254 g/mol. The van der Waals surface area contributed by atoms with Crippen LogP contribution in [0.25, 0.3) is 0 Å². The second-order valence-corrected chi connectivity index (χ2v) is 3.58. The number of hydrogen-bond donors (Lipinski definition) is 2. The molecule has 0 aliphatic rings. The molecule has 7 heteroatoms. The van der Waals surface area contributed by atoms with E-state index in [2.05, 4.69) is 10.1 Å². The topological polar surface area (TPSA) is 91.8 Å². The van der Waals surface area contributed by atoms with Crippen LogP contribution in [0.2, 0.25) is 0 Å². The van der Waals surface area contributed by atoms with E-state index in [1.54, 1.807) is 6.92 Å². The number of aromatic nitrogens is 1. The van der Waals surface area contributed by atoms with Crippen LogP contribution in [-0.4, -0.2) is 39.9 Å². The van der Waals surface area contributed by atoms with Gasteiger partial charge in [0, 0.05) is 25.7 Å².